The number of hydrogen-bond donors (Lipinski definition) is 0. The normalized spacial score (nSPS) is 37.9. The SMILES string of the molecule is C[C@H]1CC(=O)C=C2CCCC(=O)[C@]21C. The van der Waals surface area contributed by atoms with Crippen molar-refractivity contribution in [1.29, 1.82) is 0 Å². The number of Topliss-reactive ketones (excluding diaryl/α,β-unsaturated/α-hetero) is 1. The number of hydrogen-bond acceptors (Lipinski definition) is 2. The molecule has 1 saturated carbocycles. The Hall–Kier alpha value is -0.920. The summed E-state index contributed by atoms with van der Waals surface area (Å²) in [7, 11) is 0. The molecule has 0 amide bonds. The Morgan fingerprint density at radius 3 is 2.79 bits per heavy atom. The van der Waals surface area contributed by atoms with Gasteiger partial charge in [0, 0.05) is 12.8 Å². The molecule has 0 aromatic rings. The first-order valence-corrected chi connectivity index (χ1v) is 5.32. The Labute approximate surface area is 84.4 Å². The van der Waals surface area contributed by atoms with Crippen molar-refractivity contribution in [2.45, 2.75) is 39.5 Å². The highest BCUT2D eigenvalue weighted by Crippen LogP contribution is 2.47. The molecule has 1 fully saturated rings. The number of allylic oxidation sites excluding steroid dienone is 2. The molecule has 0 heterocycles. The van der Waals surface area contributed by atoms with Crippen LogP contribution in [0.4, 0.5) is 0 Å². The molecule has 0 spiro atoms. The molecule has 2 heteroatoms. The van der Waals surface area contributed by atoms with Crippen LogP contribution in [0.15, 0.2) is 11.6 Å². The lowest BCUT2D eigenvalue weighted by Crippen LogP contribution is -2.42. The van der Waals surface area contributed by atoms with Gasteiger partial charge in [0.1, 0.15) is 5.78 Å². The van der Waals surface area contributed by atoms with Crippen LogP contribution in [0.5, 0.6) is 0 Å². The summed E-state index contributed by atoms with van der Waals surface area (Å²) >= 11 is 0. The Balaban J connectivity index is 2.46. The van der Waals surface area contributed by atoms with Crippen LogP contribution in [0.1, 0.15) is 39.5 Å². The van der Waals surface area contributed by atoms with E-state index in [1.54, 1.807) is 6.08 Å². The van der Waals surface area contributed by atoms with Crippen molar-refractivity contribution in [2.75, 3.05) is 0 Å². The maximum atomic E-state index is 11.9. The molecular weight excluding hydrogens is 176 g/mol. The van der Waals surface area contributed by atoms with Crippen LogP contribution in [-0.4, -0.2) is 11.6 Å². The second-order valence-corrected chi connectivity index (χ2v) is 4.72. The van der Waals surface area contributed by atoms with Gasteiger partial charge in [0.25, 0.3) is 0 Å². The Morgan fingerprint density at radius 1 is 1.36 bits per heavy atom. The highest BCUT2D eigenvalue weighted by molar-refractivity contribution is 5.98. The van der Waals surface area contributed by atoms with Crippen LogP contribution >= 0.6 is 0 Å². The van der Waals surface area contributed by atoms with Crippen LogP contribution in [0.2, 0.25) is 0 Å². The number of carbonyl (C=O) groups is 2. The van der Waals surface area contributed by atoms with E-state index >= 15 is 0 Å². The highest BCUT2D eigenvalue weighted by atomic mass is 16.1. The fraction of sp³-hybridized carbons (Fsp3) is 0.667. The van der Waals surface area contributed by atoms with E-state index in [0.717, 1.165) is 18.4 Å². The minimum atomic E-state index is -0.327. The van der Waals surface area contributed by atoms with Gasteiger partial charge in [-0.15, -0.1) is 0 Å². The summed E-state index contributed by atoms with van der Waals surface area (Å²) in [6.45, 7) is 4.03. The summed E-state index contributed by atoms with van der Waals surface area (Å²) in [4.78, 5) is 23.3. The molecule has 0 N–H and O–H groups in total. The van der Waals surface area contributed by atoms with Crippen molar-refractivity contribution < 1.29 is 9.59 Å². The van der Waals surface area contributed by atoms with Crippen LogP contribution in [0.3, 0.4) is 0 Å². The van der Waals surface area contributed by atoms with E-state index in [0.29, 0.717) is 18.6 Å². The molecule has 14 heavy (non-hydrogen) atoms. The van der Waals surface area contributed by atoms with Gasteiger partial charge in [-0.1, -0.05) is 12.5 Å². The Kier molecular flexibility index (Phi) is 2.09. The zero-order valence-corrected chi connectivity index (χ0v) is 8.80. The smallest absolute Gasteiger partial charge is 0.155 e. The molecule has 0 aromatic carbocycles. The van der Waals surface area contributed by atoms with Gasteiger partial charge in [0.05, 0.1) is 5.41 Å². The average molecular weight is 192 g/mol. The Morgan fingerprint density at radius 2 is 2.07 bits per heavy atom. The van der Waals surface area contributed by atoms with E-state index in [1.165, 1.54) is 0 Å². The van der Waals surface area contributed by atoms with Crippen molar-refractivity contribution in [3.05, 3.63) is 11.6 Å². The van der Waals surface area contributed by atoms with E-state index in [1.807, 2.05) is 13.8 Å². The molecule has 2 aliphatic rings. The van der Waals surface area contributed by atoms with Crippen molar-refractivity contribution >= 4 is 11.6 Å². The molecule has 0 aliphatic heterocycles. The molecule has 0 unspecified atom stereocenters. The number of rotatable bonds is 0. The first kappa shape index (κ1) is 9.63. The van der Waals surface area contributed by atoms with Gasteiger partial charge in [-0.2, -0.15) is 0 Å². The van der Waals surface area contributed by atoms with Gasteiger partial charge < -0.3 is 0 Å². The summed E-state index contributed by atoms with van der Waals surface area (Å²) < 4.78 is 0. The summed E-state index contributed by atoms with van der Waals surface area (Å²) in [5.41, 5.74) is 0.754. The third-order valence-electron chi connectivity index (χ3n) is 3.92. The van der Waals surface area contributed by atoms with Crippen LogP contribution < -0.4 is 0 Å². The first-order chi connectivity index (χ1) is 6.55. The van der Waals surface area contributed by atoms with Crippen LogP contribution in [0, 0.1) is 11.3 Å². The number of carbonyl (C=O) groups excluding carboxylic acids is 2. The summed E-state index contributed by atoms with van der Waals surface area (Å²) in [5, 5.41) is 0. The lowest BCUT2D eigenvalue weighted by molar-refractivity contribution is -0.131. The predicted molar refractivity (Wildman–Crippen MR) is 53.8 cm³/mol. The van der Waals surface area contributed by atoms with Gasteiger partial charge in [0.2, 0.25) is 0 Å². The molecule has 2 rings (SSSR count). The molecule has 76 valence electrons. The number of fused-ring (bicyclic) bond motifs is 1. The minimum absolute atomic E-state index is 0.183. The van der Waals surface area contributed by atoms with Gasteiger partial charge in [-0.05, 0) is 31.8 Å². The molecule has 2 aliphatic carbocycles. The van der Waals surface area contributed by atoms with Gasteiger partial charge in [-0.25, -0.2) is 0 Å². The summed E-state index contributed by atoms with van der Waals surface area (Å²) in [6.07, 6.45) is 4.79. The minimum Gasteiger partial charge on any atom is -0.299 e. The maximum absolute atomic E-state index is 11.9. The lowest BCUT2D eigenvalue weighted by Gasteiger charge is -2.42. The van der Waals surface area contributed by atoms with Crippen molar-refractivity contribution in [3.63, 3.8) is 0 Å². The fourth-order valence-corrected chi connectivity index (χ4v) is 2.71. The standard InChI is InChI=1S/C12H16O2/c1-8-6-10(13)7-9-4-3-5-11(14)12(8,9)2/h7-8H,3-6H2,1-2H3/t8-,12-/m0/s1. The fourth-order valence-electron chi connectivity index (χ4n) is 2.71. The van der Waals surface area contributed by atoms with Gasteiger partial charge in [0.15, 0.2) is 5.78 Å². The van der Waals surface area contributed by atoms with E-state index in [4.69, 9.17) is 0 Å². The highest BCUT2D eigenvalue weighted by Gasteiger charge is 2.46. The van der Waals surface area contributed by atoms with Gasteiger partial charge in [-0.3, -0.25) is 9.59 Å². The molecule has 0 bridgehead atoms. The maximum Gasteiger partial charge on any atom is 0.155 e. The van der Waals surface area contributed by atoms with E-state index in [-0.39, 0.29) is 17.1 Å². The predicted octanol–water partition coefficient (Wildman–Crippen LogP) is 2.28. The second kappa shape index (κ2) is 3.04. The zero-order valence-electron chi connectivity index (χ0n) is 8.80. The number of ketones is 2. The Bertz CT molecular complexity index is 327. The van der Waals surface area contributed by atoms with Crippen LogP contribution in [0.25, 0.3) is 0 Å². The molecule has 2 atom stereocenters. The topological polar surface area (TPSA) is 34.1 Å². The van der Waals surface area contributed by atoms with Crippen molar-refractivity contribution in [1.82, 2.24) is 0 Å². The average Bonchev–Trinajstić information content (AvgIpc) is 2.11. The zero-order chi connectivity index (χ0) is 10.3. The van der Waals surface area contributed by atoms with Crippen molar-refractivity contribution in [2.24, 2.45) is 11.3 Å². The van der Waals surface area contributed by atoms with Crippen molar-refractivity contribution in [3.8, 4) is 0 Å². The molecule has 0 radical (unpaired) electrons. The first-order valence-electron chi connectivity index (χ1n) is 5.32. The molecule has 0 aromatic heterocycles. The third-order valence-corrected chi connectivity index (χ3v) is 3.92. The second-order valence-electron chi connectivity index (χ2n) is 4.72. The molecule has 0 saturated heterocycles. The van der Waals surface area contributed by atoms with Crippen LogP contribution in [-0.2, 0) is 9.59 Å². The van der Waals surface area contributed by atoms with Gasteiger partial charge >= 0.3 is 0 Å². The van der Waals surface area contributed by atoms with E-state index in [9.17, 15) is 9.59 Å². The largest absolute Gasteiger partial charge is 0.299 e. The molecule has 2 nitrogen and oxygen atoms in total. The lowest BCUT2D eigenvalue weighted by atomic mass is 9.60. The summed E-state index contributed by atoms with van der Waals surface area (Å²) in [6, 6.07) is 0. The monoisotopic (exact) mass is 192 g/mol. The quantitative estimate of drug-likeness (QED) is 0.590. The third kappa shape index (κ3) is 1.17. The van der Waals surface area contributed by atoms with E-state index < -0.39 is 0 Å². The molecular formula is C12H16O2. The van der Waals surface area contributed by atoms with E-state index in [2.05, 4.69) is 0 Å². The summed E-state index contributed by atoms with van der Waals surface area (Å²) in [5.74, 6) is 0.706.